The standard InChI is InChI=1S/C14H29NO2/c1-5-8-15-11-14(7-10-17-13(14)3)12(2)6-9-16-4/h12-13,15H,5-11H2,1-4H3. The van der Waals surface area contributed by atoms with Gasteiger partial charge in [-0.15, -0.1) is 0 Å². The molecule has 0 aromatic heterocycles. The third-order valence-electron chi connectivity index (χ3n) is 4.36. The molecule has 3 atom stereocenters. The van der Waals surface area contributed by atoms with Crippen LogP contribution in [0.5, 0.6) is 0 Å². The SMILES string of the molecule is CCCNCC1(C(C)CCOC)CCOC1C. The van der Waals surface area contributed by atoms with E-state index >= 15 is 0 Å². The Balaban J connectivity index is 2.58. The summed E-state index contributed by atoms with van der Waals surface area (Å²) in [6, 6.07) is 0. The molecule has 1 saturated heterocycles. The van der Waals surface area contributed by atoms with E-state index in [2.05, 4.69) is 26.1 Å². The van der Waals surface area contributed by atoms with Gasteiger partial charge in [-0.1, -0.05) is 13.8 Å². The summed E-state index contributed by atoms with van der Waals surface area (Å²) in [4.78, 5) is 0. The summed E-state index contributed by atoms with van der Waals surface area (Å²) in [6.45, 7) is 10.7. The molecular weight excluding hydrogens is 214 g/mol. The van der Waals surface area contributed by atoms with E-state index in [1.807, 2.05) is 0 Å². The number of ether oxygens (including phenoxy) is 2. The summed E-state index contributed by atoms with van der Waals surface area (Å²) in [5.41, 5.74) is 0.299. The molecule has 3 heteroatoms. The molecule has 17 heavy (non-hydrogen) atoms. The Morgan fingerprint density at radius 3 is 2.82 bits per heavy atom. The van der Waals surface area contributed by atoms with Crippen molar-refractivity contribution in [3.05, 3.63) is 0 Å². The van der Waals surface area contributed by atoms with Crippen molar-refractivity contribution < 1.29 is 9.47 Å². The molecule has 0 saturated carbocycles. The highest BCUT2D eigenvalue weighted by atomic mass is 16.5. The molecule has 102 valence electrons. The van der Waals surface area contributed by atoms with E-state index in [0.717, 1.165) is 32.7 Å². The van der Waals surface area contributed by atoms with Crippen molar-refractivity contribution in [1.29, 1.82) is 0 Å². The highest BCUT2D eigenvalue weighted by molar-refractivity contribution is 4.95. The van der Waals surface area contributed by atoms with Crippen molar-refractivity contribution in [2.24, 2.45) is 11.3 Å². The van der Waals surface area contributed by atoms with E-state index in [1.54, 1.807) is 7.11 Å². The lowest BCUT2D eigenvalue weighted by molar-refractivity contribution is 0.0224. The number of nitrogens with one attached hydrogen (secondary N) is 1. The smallest absolute Gasteiger partial charge is 0.0618 e. The van der Waals surface area contributed by atoms with Crippen molar-refractivity contribution in [1.82, 2.24) is 5.32 Å². The van der Waals surface area contributed by atoms with Gasteiger partial charge in [-0.2, -0.15) is 0 Å². The molecule has 0 spiro atoms. The molecule has 1 aliphatic heterocycles. The zero-order valence-corrected chi connectivity index (χ0v) is 11.9. The van der Waals surface area contributed by atoms with Gasteiger partial charge in [0, 0.05) is 32.3 Å². The number of hydrogen-bond donors (Lipinski definition) is 1. The first-order valence-corrected chi connectivity index (χ1v) is 6.98. The van der Waals surface area contributed by atoms with Gasteiger partial charge in [0.25, 0.3) is 0 Å². The monoisotopic (exact) mass is 243 g/mol. The molecule has 0 amide bonds. The average Bonchev–Trinajstić information content (AvgIpc) is 2.69. The third-order valence-corrected chi connectivity index (χ3v) is 4.36. The average molecular weight is 243 g/mol. The topological polar surface area (TPSA) is 30.5 Å². The van der Waals surface area contributed by atoms with Gasteiger partial charge in [0.1, 0.15) is 0 Å². The maximum Gasteiger partial charge on any atom is 0.0618 e. The molecule has 3 nitrogen and oxygen atoms in total. The largest absolute Gasteiger partial charge is 0.385 e. The van der Waals surface area contributed by atoms with Crippen molar-refractivity contribution >= 4 is 0 Å². The fourth-order valence-electron chi connectivity index (χ4n) is 2.93. The summed E-state index contributed by atoms with van der Waals surface area (Å²) >= 11 is 0. The van der Waals surface area contributed by atoms with Crippen LogP contribution in [0.4, 0.5) is 0 Å². The quantitative estimate of drug-likeness (QED) is 0.664. The van der Waals surface area contributed by atoms with Gasteiger partial charge >= 0.3 is 0 Å². The molecular formula is C14H29NO2. The van der Waals surface area contributed by atoms with Gasteiger partial charge in [-0.3, -0.25) is 0 Å². The molecule has 1 N–H and O–H groups in total. The van der Waals surface area contributed by atoms with Crippen molar-refractivity contribution in [2.75, 3.05) is 33.4 Å². The summed E-state index contributed by atoms with van der Waals surface area (Å²) in [5.74, 6) is 0.643. The van der Waals surface area contributed by atoms with Gasteiger partial charge < -0.3 is 14.8 Å². The Labute approximate surface area is 106 Å². The van der Waals surface area contributed by atoms with Gasteiger partial charge in [0.05, 0.1) is 6.10 Å². The van der Waals surface area contributed by atoms with Crippen molar-refractivity contribution in [3.63, 3.8) is 0 Å². The molecule has 1 heterocycles. The molecule has 1 rings (SSSR count). The molecule has 0 aromatic carbocycles. The highest BCUT2D eigenvalue weighted by Crippen LogP contribution is 2.42. The molecule has 1 fully saturated rings. The second kappa shape index (κ2) is 7.34. The summed E-state index contributed by atoms with van der Waals surface area (Å²) < 4.78 is 11.0. The zero-order valence-electron chi connectivity index (χ0n) is 11.9. The van der Waals surface area contributed by atoms with Gasteiger partial charge in [-0.25, -0.2) is 0 Å². The van der Waals surface area contributed by atoms with Gasteiger partial charge in [0.2, 0.25) is 0 Å². The van der Waals surface area contributed by atoms with Crippen LogP contribution in [-0.2, 0) is 9.47 Å². The predicted octanol–water partition coefficient (Wildman–Crippen LogP) is 2.45. The normalized spacial score (nSPS) is 30.7. The second-order valence-corrected chi connectivity index (χ2v) is 5.36. The fraction of sp³-hybridized carbons (Fsp3) is 1.00. The minimum absolute atomic E-state index is 0.299. The van der Waals surface area contributed by atoms with Crippen molar-refractivity contribution in [2.45, 2.75) is 46.1 Å². The van der Waals surface area contributed by atoms with Crippen LogP contribution in [-0.4, -0.2) is 39.5 Å². The molecule has 1 aliphatic rings. The Morgan fingerprint density at radius 1 is 1.53 bits per heavy atom. The first-order chi connectivity index (χ1) is 8.17. The number of hydrogen-bond acceptors (Lipinski definition) is 3. The summed E-state index contributed by atoms with van der Waals surface area (Å²) in [6.07, 6.45) is 3.85. The molecule has 0 radical (unpaired) electrons. The second-order valence-electron chi connectivity index (χ2n) is 5.36. The van der Waals surface area contributed by atoms with Crippen LogP contribution in [0.25, 0.3) is 0 Å². The lowest BCUT2D eigenvalue weighted by atomic mass is 9.70. The minimum Gasteiger partial charge on any atom is -0.385 e. The summed E-state index contributed by atoms with van der Waals surface area (Å²) in [7, 11) is 1.78. The van der Waals surface area contributed by atoms with E-state index < -0.39 is 0 Å². The molecule has 0 aliphatic carbocycles. The molecule has 0 bridgehead atoms. The van der Waals surface area contributed by atoms with Crippen LogP contribution in [0.15, 0.2) is 0 Å². The van der Waals surface area contributed by atoms with E-state index in [4.69, 9.17) is 9.47 Å². The van der Waals surface area contributed by atoms with Crippen LogP contribution in [0.3, 0.4) is 0 Å². The molecule has 0 aromatic rings. The van der Waals surface area contributed by atoms with E-state index in [-0.39, 0.29) is 0 Å². The van der Waals surface area contributed by atoms with Crippen LogP contribution in [0.2, 0.25) is 0 Å². The number of rotatable bonds is 8. The Bertz CT molecular complexity index is 210. The zero-order chi connectivity index (χ0) is 12.7. The maximum absolute atomic E-state index is 5.82. The van der Waals surface area contributed by atoms with Gasteiger partial charge in [-0.05, 0) is 38.6 Å². The lowest BCUT2D eigenvalue weighted by Crippen LogP contribution is -2.45. The van der Waals surface area contributed by atoms with Gasteiger partial charge in [0.15, 0.2) is 0 Å². The number of methoxy groups -OCH3 is 1. The van der Waals surface area contributed by atoms with Crippen molar-refractivity contribution in [3.8, 4) is 0 Å². The van der Waals surface area contributed by atoms with Crippen LogP contribution < -0.4 is 5.32 Å². The van der Waals surface area contributed by atoms with E-state index in [9.17, 15) is 0 Å². The first-order valence-electron chi connectivity index (χ1n) is 6.98. The molecule has 3 unspecified atom stereocenters. The lowest BCUT2D eigenvalue weighted by Gasteiger charge is -2.38. The van der Waals surface area contributed by atoms with Crippen LogP contribution in [0, 0.1) is 11.3 Å². The maximum atomic E-state index is 5.82. The van der Waals surface area contributed by atoms with Crippen LogP contribution in [0.1, 0.15) is 40.0 Å². The minimum atomic E-state index is 0.299. The summed E-state index contributed by atoms with van der Waals surface area (Å²) in [5, 5.41) is 3.58. The highest BCUT2D eigenvalue weighted by Gasteiger charge is 2.44. The fourth-order valence-corrected chi connectivity index (χ4v) is 2.93. The van der Waals surface area contributed by atoms with Crippen LogP contribution >= 0.6 is 0 Å². The first kappa shape index (κ1) is 14.9. The Hall–Kier alpha value is -0.120. The Morgan fingerprint density at radius 2 is 2.29 bits per heavy atom. The Kier molecular flexibility index (Phi) is 6.45. The predicted molar refractivity (Wildman–Crippen MR) is 71.3 cm³/mol. The third kappa shape index (κ3) is 3.67. The van der Waals surface area contributed by atoms with E-state index in [1.165, 1.54) is 12.8 Å². The van der Waals surface area contributed by atoms with E-state index in [0.29, 0.717) is 17.4 Å².